The second-order valence-electron chi connectivity index (χ2n) is 31.5. The maximum Gasteiger partial charge on any atom is 0.472 e. The first kappa shape index (κ1) is 102. The van der Waals surface area contributed by atoms with E-state index in [4.69, 9.17) is 37.0 Å². The normalized spacial score (nSPS) is 13.8. The lowest BCUT2D eigenvalue weighted by atomic mass is 10.0. The summed E-state index contributed by atoms with van der Waals surface area (Å²) in [6.45, 7) is 9.67. The van der Waals surface area contributed by atoms with Gasteiger partial charge in [0.15, 0.2) is 12.2 Å². The Labute approximate surface area is 638 Å². The van der Waals surface area contributed by atoms with Gasteiger partial charge in [0.25, 0.3) is 0 Å². The summed E-state index contributed by atoms with van der Waals surface area (Å²) in [5.74, 6) is -0.560. The summed E-state index contributed by atoms with van der Waals surface area (Å²) in [7, 11) is -9.93. The quantitative estimate of drug-likeness (QED) is 0.0222. The fourth-order valence-corrected chi connectivity index (χ4v) is 14.8. The Morgan fingerprint density at radius 2 is 0.442 bits per heavy atom. The van der Waals surface area contributed by atoms with Crippen molar-refractivity contribution in [2.75, 3.05) is 39.6 Å². The fourth-order valence-electron chi connectivity index (χ4n) is 13.2. The van der Waals surface area contributed by atoms with Crippen molar-refractivity contribution in [1.82, 2.24) is 0 Å². The minimum absolute atomic E-state index is 0.107. The zero-order chi connectivity index (χ0) is 76.4. The number of ether oxygens (including phenoxy) is 4. The third-order valence-electron chi connectivity index (χ3n) is 20.0. The number of hydrogen-bond acceptors (Lipinski definition) is 15. The second kappa shape index (κ2) is 76.4. The number of rotatable bonds is 84. The molecule has 0 radical (unpaired) electrons. The molecule has 0 aromatic carbocycles. The van der Waals surface area contributed by atoms with Gasteiger partial charge >= 0.3 is 39.5 Å². The first-order valence-electron chi connectivity index (χ1n) is 44.0. The molecular weight excluding hydrogens is 1350 g/mol. The Bertz CT molecular complexity index is 1990. The number of carbonyl (C=O) groups is 4. The van der Waals surface area contributed by atoms with Gasteiger partial charge in [-0.2, -0.15) is 0 Å². The van der Waals surface area contributed by atoms with Crippen molar-refractivity contribution in [2.45, 2.75) is 471 Å². The smallest absolute Gasteiger partial charge is 0.462 e. The van der Waals surface area contributed by atoms with Gasteiger partial charge in [-0.05, 0) is 37.5 Å². The number of unbranched alkanes of at least 4 members (excludes halogenated alkanes) is 54. The van der Waals surface area contributed by atoms with E-state index in [1.54, 1.807) is 0 Å². The monoisotopic (exact) mass is 1520 g/mol. The predicted octanol–water partition coefficient (Wildman–Crippen LogP) is 25.8. The molecular formula is C85H166O17P2. The zero-order valence-electron chi connectivity index (χ0n) is 68.3. The largest absolute Gasteiger partial charge is 0.472 e. The lowest BCUT2D eigenvalue weighted by Crippen LogP contribution is -2.30. The summed E-state index contributed by atoms with van der Waals surface area (Å²) in [5.41, 5.74) is 0. The molecule has 17 nitrogen and oxygen atoms in total. The lowest BCUT2D eigenvalue weighted by molar-refractivity contribution is -0.161. The van der Waals surface area contributed by atoms with Crippen LogP contribution in [0.1, 0.15) is 452 Å². The standard InChI is InChI=1S/C85H166O17P2/c1-7-9-11-13-15-17-19-21-22-23-24-25-26-27-28-29-33-38-45-51-57-63-69-84(89)101-80(73-96-83(88)68-62-56-50-44-37-34-30-32-35-41-47-53-59-65-77(3)4)75-99-103(91,92)97-71-79(86)72-98-104(93,94)100-76-81(102-85(90)70-64-58-52-46-40-39-42-48-54-60-66-78(5)6)74-95-82(87)67-61-55-49-43-36-31-20-18-16-14-12-10-8-2/h77-81,86H,7-76H2,1-6H3,(H,91,92)(H,93,94)/t79-,80-,81-/m1/s1. The number of carbonyl (C=O) groups excluding carboxylic acids is 4. The van der Waals surface area contributed by atoms with Crippen molar-refractivity contribution >= 4 is 39.5 Å². The molecule has 0 saturated heterocycles. The number of aliphatic hydroxyl groups excluding tert-OH is 1. The van der Waals surface area contributed by atoms with Crippen LogP contribution in [0.2, 0.25) is 0 Å². The van der Waals surface area contributed by atoms with Gasteiger partial charge in [0.1, 0.15) is 19.3 Å². The number of esters is 4. The topological polar surface area (TPSA) is 237 Å². The average Bonchev–Trinajstić information content (AvgIpc) is 0.909. The van der Waals surface area contributed by atoms with E-state index >= 15 is 0 Å². The van der Waals surface area contributed by atoms with Gasteiger partial charge in [-0.3, -0.25) is 37.3 Å². The van der Waals surface area contributed by atoms with Crippen LogP contribution < -0.4 is 0 Å². The highest BCUT2D eigenvalue weighted by molar-refractivity contribution is 7.47. The Morgan fingerprint density at radius 1 is 0.260 bits per heavy atom. The van der Waals surface area contributed by atoms with Crippen LogP contribution in [0.5, 0.6) is 0 Å². The summed E-state index contributed by atoms with van der Waals surface area (Å²) in [4.78, 5) is 73.2. The molecule has 3 N–H and O–H groups in total. The van der Waals surface area contributed by atoms with Gasteiger partial charge in [0.05, 0.1) is 26.4 Å². The average molecular weight is 1520 g/mol. The summed E-state index contributed by atoms with van der Waals surface area (Å²) in [6, 6.07) is 0. The summed E-state index contributed by atoms with van der Waals surface area (Å²) in [5, 5.41) is 10.7. The molecule has 19 heteroatoms. The number of hydrogen-bond donors (Lipinski definition) is 3. The Balaban J connectivity index is 5.23. The predicted molar refractivity (Wildman–Crippen MR) is 428 cm³/mol. The maximum absolute atomic E-state index is 13.1. The molecule has 0 spiro atoms. The van der Waals surface area contributed by atoms with Crippen molar-refractivity contribution in [3.05, 3.63) is 0 Å². The maximum atomic E-state index is 13.1. The summed E-state index contributed by atoms with van der Waals surface area (Å²) < 4.78 is 68.9. The molecule has 0 aromatic rings. The minimum Gasteiger partial charge on any atom is -0.462 e. The van der Waals surface area contributed by atoms with Crippen molar-refractivity contribution in [1.29, 1.82) is 0 Å². The number of aliphatic hydroxyl groups is 1. The third kappa shape index (κ3) is 78.2. The second-order valence-corrected chi connectivity index (χ2v) is 34.4. The van der Waals surface area contributed by atoms with Crippen LogP contribution in [0, 0.1) is 11.8 Å². The highest BCUT2D eigenvalue weighted by Gasteiger charge is 2.30. The molecule has 0 saturated carbocycles. The lowest BCUT2D eigenvalue weighted by Gasteiger charge is -2.21. The Morgan fingerprint density at radius 3 is 0.654 bits per heavy atom. The van der Waals surface area contributed by atoms with Gasteiger partial charge in [0.2, 0.25) is 0 Å². The van der Waals surface area contributed by atoms with Gasteiger partial charge < -0.3 is 33.8 Å². The van der Waals surface area contributed by atoms with Crippen molar-refractivity contribution in [3.8, 4) is 0 Å². The molecule has 0 rings (SSSR count). The van der Waals surface area contributed by atoms with Crippen LogP contribution in [0.4, 0.5) is 0 Å². The molecule has 0 aliphatic carbocycles. The molecule has 0 amide bonds. The van der Waals surface area contributed by atoms with E-state index in [2.05, 4.69) is 41.5 Å². The van der Waals surface area contributed by atoms with E-state index in [9.17, 15) is 43.2 Å². The summed E-state index contributed by atoms with van der Waals surface area (Å²) >= 11 is 0. The fraction of sp³-hybridized carbons (Fsp3) is 0.953. The molecule has 0 bridgehead atoms. The molecule has 618 valence electrons. The van der Waals surface area contributed by atoms with E-state index in [-0.39, 0.29) is 25.7 Å². The van der Waals surface area contributed by atoms with E-state index in [0.717, 1.165) is 102 Å². The van der Waals surface area contributed by atoms with Gasteiger partial charge in [-0.25, -0.2) is 9.13 Å². The van der Waals surface area contributed by atoms with Crippen molar-refractivity contribution in [3.63, 3.8) is 0 Å². The molecule has 0 aromatic heterocycles. The highest BCUT2D eigenvalue weighted by Crippen LogP contribution is 2.45. The van der Waals surface area contributed by atoms with Gasteiger partial charge in [-0.15, -0.1) is 0 Å². The van der Waals surface area contributed by atoms with Crippen LogP contribution in [0.15, 0.2) is 0 Å². The van der Waals surface area contributed by atoms with Crippen LogP contribution in [0.25, 0.3) is 0 Å². The highest BCUT2D eigenvalue weighted by atomic mass is 31.2. The minimum atomic E-state index is -4.97. The molecule has 2 unspecified atom stereocenters. The number of phosphoric acid groups is 2. The Kier molecular flexibility index (Phi) is 75.0. The van der Waals surface area contributed by atoms with E-state index in [1.807, 2.05) is 0 Å². The van der Waals surface area contributed by atoms with E-state index in [1.165, 1.54) is 270 Å². The van der Waals surface area contributed by atoms with E-state index in [0.29, 0.717) is 25.7 Å². The van der Waals surface area contributed by atoms with Crippen molar-refractivity contribution in [2.24, 2.45) is 11.8 Å². The van der Waals surface area contributed by atoms with Crippen LogP contribution in [-0.4, -0.2) is 96.7 Å². The SMILES string of the molecule is CCCCCCCCCCCCCCCCCCCCCCCCC(=O)O[C@H](COC(=O)CCCCCCCCCCCCCCCC(C)C)COP(=O)(O)OC[C@@H](O)COP(=O)(O)OC[C@@H](COC(=O)CCCCCCCCCCCCCCC)OC(=O)CCCCCCCCCCCCC(C)C. The molecule has 0 fully saturated rings. The van der Waals surface area contributed by atoms with Crippen molar-refractivity contribution < 1.29 is 80.2 Å². The van der Waals surface area contributed by atoms with Crippen LogP contribution in [0.3, 0.4) is 0 Å². The van der Waals surface area contributed by atoms with E-state index < -0.39 is 97.5 Å². The molecule has 104 heavy (non-hydrogen) atoms. The molecule has 5 atom stereocenters. The Hall–Kier alpha value is -1.94. The van der Waals surface area contributed by atoms with Crippen LogP contribution >= 0.6 is 15.6 Å². The molecule has 0 aliphatic rings. The first-order chi connectivity index (χ1) is 50.4. The first-order valence-corrected chi connectivity index (χ1v) is 47.0. The summed E-state index contributed by atoms with van der Waals surface area (Å²) in [6.07, 6.45) is 68.0. The zero-order valence-corrected chi connectivity index (χ0v) is 70.1. The number of phosphoric ester groups is 2. The third-order valence-corrected chi connectivity index (χ3v) is 21.9. The van der Waals surface area contributed by atoms with Crippen LogP contribution in [-0.2, 0) is 65.4 Å². The molecule has 0 aliphatic heterocycles. The van der Waals surface area contributed by atoms with Gasteiger partial charge in [0, 0.05) is 25.7 Å². The molecule has 0 heterocycles. The van der Waals surface area contributed by atoms with Gasteiger partial charge in [-0.1, -0.05) is 401 Å².